The molecule has 5 heteroatoms. The minimum Gasteiger partial charge on any atom is -0.330 e. The second-order valence-electron chi connectivity index (χ2n) is 13.9. The topological polar surface area (TPSA) is 63.7 Å². The molecule has 0 aromatic rings. The van der Waals surface area contributed by atoms with Crippen molar-refractivity contribution in [1.29, 1.82) is 0 Å². The van der Waals surface area contributed by atoms with Gasteiger partial charge >= 0.3 is 5.97 Å². The lowest BCUT2D eigenvalue weighted by molar-refractivity contribution is -0.198. The van der Waals surface area contributed by atoms with Gasteiger partial charge in [0.1, 0.15) is 0 Å². The van der Waals surface area contributed by atoms with Gasteiger partial charge < -0.3 is 4.84 Å². The van der Waals surface area contributed by atoms with E-state index in [1.165, 1.54) is 128 Å². The van der Waals surface area contributed by atoms with Crippen LogP contribution in [0.25, 0.3) is 0 Å². The van der Waals surface area contributed by atoms with Crippen molar-refractivity contribution < 1.29 is 19.2 Å². The molecule has 0 spiro atoms. The van der Waals surface area contributed by atoms with Crippen molar-refractivity contribution in [1.82, 2.24) is 5.06 Å². The summed E-state index contributed by atoms with van der Waals surface area (Å²) in [6.45, 7) is 4.49. The van der Waals surface area contributed by atoms with Gasteiger partial charge in [0.2, 0.25) is 0 Å². The maximum atomic E-state index is 12.7. The molecule has 0 bridgehead atoms. The van der Waals surface area contributed by atoms with Crippen molar-refractivity contribution >= 4 is 17.8 Å². The Morgan fingerprint density at radius 3 is 1.29 bits per heavy atom. The van der Waals surface area contributed by atoms with Crippen molar-refractivity contribution in [2.24, 2.45) is 5.92 Å². The Morgan fingerprint density at radius 1 is 0.542 bits per heavy atom. The van der Waals surface area contributed by atoms with Crippen LogP contribution in [-0.2, 0) is 19.2 Å². The van der Waals surface area contributed by atoms with E-state index in [0.717, 1.165) is 38.5 Å². The minimum atomic E-state index is -0.441. The number of nitrogens with zero attached hydrogens (tertiary/aromatic N) is 1. The lowest BCUT2D eigenvalue weighted by Crippen LogP contribution is -2.32. The van der Waals surface area contributed by atoms with Gasteiger partial charge in [-0.05, 0) is 83.0 Å². The zero-order chi connectivity index (χ0) is 34.8. The Kier molecular flexibility index (Phi) is 30.0. The molecule has 0 aliphatic carbocycles. The molecule has 1 rings (SSSR count). The number of hydrogen-bond acceptors (Lipinski definition) is 4. The van der Waals surface area contributed by atoms with Crippen molar-refractivity contribution in [2.75, 3.05) is 0 Å². The third-order valence-electron chi connectivity index (χ3n) is 9.28. The fraction of sp³-hybridized carbons (Fsp3) is 0.744. The van der Waals surface area contributed by atoms with Gasteiger partial charge in [-0.2, -0.15) is 0 Å². The Labute approximate surface area is 296 Å². The first-order chi connectivity index (χ1) is 23.6. The van der Waals surface area contributed by atoms with Crippen LogP contribution in [0.2, 0.25) is 0 Å². The molecule has 274 valence electrons. The van der Waals surface area contributed by atoms with E-state index in [0.29, 0.717) is 5.06 Å². The fourth-order valence-electron chi connectivity index (χ4n) is 6.22. The van der Waals surface area contributed by atoms with Crippen LogP contribution in [0, 0.1) is 5.92 Å². The van der Waals surface area contributed by atoms with Crippen LogP contribution in [0.4, 0.5) is 0 Å². The monoisotopic (exact) mass is 668 g/mol. The molecule has 0 N–H and O–H groups in total. The van der Waals surface area contributed by atoms with Gasteiger partial charge in [0.15, 0.2) is 0 Å². The van der Waals surface area contributed by atoms with Crippen molar-refractivity contribution in [3.05, 3.63) is 48.6 Å². The number of hydroxylamine groups is 2. The van der Waals surface area contributed by atoms with Gasteiger partial charge in [-0.3, -0.25) is 9.59 Å². The molecule has 1 aliphatic rings. The average Bonchev–Trinajstić information content (AvgIpc) is 3.39. The van der Waals surface area contributed by atoms with Gasteiger partial charge in [-0.15, -0.1) is 5.06 Å². The second kappa shape index (κ2) is 33.1. The SMILES string of the molecule is CCCCC/C=C\C/C=C\CCCCCCCCC(CCCCCCCC/C=C\C/C=C\CCCCC)CC(=O)ON1C(=O)CCC1=O. The van der Waals surface area contributed by atoms with Gasteiger partial charge in [0.25, 0.3) is 11.8 Å². The Morgan fingerprint density at radius 2 is 0.896 bits per heavy atom. The largest absolute Gasteiger partial charge is 0.333 e. The van der Waals surface area contributed by atoms with Crippen LogP contribution < -0.4 is 0 Å². The van der Waals surface area contributed by atoms with Crippen molar-refractivity contribution in [3.63, 3.8) is 0 Å². The lowest BCUT2D eigenvalue weighted by atomic mass is 9.91. The normalized spacial score (nSPS) is 14.0. The fourth-order valence-corrected chi connectivity index (χ4v) is 6.22. The third kappa shape index (κ3) is 26.5. The third-order valence-corrected chi connectivity index (χ3v) is 9.28. The molecular formula is C43H73NO4. The van der Waals surface area contributed by atoms with E-state index < -0.39 is 17.8 Å². The summed E-state index contributed by atoms with van der Waals surface area (Å²) in [5.74, 6) is -0.994. The van der Waals surface area contributed by atoms with Crippen molar-refractivity contribution in [2.45, 2.75) is 200 Å². The number of hydrogen-bond donors (Lipinski definition) is 0. The molecule has 0 unspecified atom stereocenters. The number of allylic oxidation sites excluding steroid dienone is 8. The molecule has 48 heavy (non-hydrogen) atoms. The molecule has 1 aliphatic heterocycles. The predicted octanol–water partition coefficient (Wildman–Crippen LogP) is 13.0. The summed E-state index contributed by atoms with van der Waals surface area (Å²) in [6, 6.07) is 0. The summed E-state index contributed by atoms with van der Waals surface area (Å²) < 4.78 is 0. The molecular weight excluding hydrogens is 594 g/mol. The molecule has 0 aromatic carbocycles. The molecule has 0 saturated carbocycles. The van der Waals surface area contributed by atoms with Gasteiger partial charge in [-0.25, -0.2) is 4.79 Å². The summed E-state index contributed by atoms with van der Waals surface area (Å²) in [5.41, 5.74) is 0. The molecule has 1 fully saturated rings. The predicted molar refractivity (Wildman–Crippen MR) is 203 cm³/mol. The van der Waals surface area contributed by atoms with E-state index in [-0.39, 0.29) is 25.2 Å². The smallest absolute Gasteiger partial charge is 0.330 e. The van der Waals surface area contributed by atoms with Crippen LogP contribution in [-0.4, -0.2) is 22.8 Å². The highest BCUT2D eigenvalue weighted by atomic mass is 16.7. The quantitative estimate of drug-likeness (QED) is 0.0397. The number of rotatable bonds is 33. The molecule has 0 aromatic heterocycles. The van der Waals surface area contributed by atoms with E-state index in [1.54, 1.807) is 0 Å². The van der Waals surface area contributed by atoms with E-state index in [2.05, 4.69) is 62.5 Å². The number of unbranched alkanes of at least 4 members (excludes halogenated alkanes) is 18. The Balaban J connectivity index is 2.21. The van der Waals surface area contributed by atoms with Crippen LogP contribution >= 0.6 is 0 Å². The Bertz CT molecular complexity index is 854. The first-order valence-electron chi connectivity index (χ1n) is 20.2. The Hall–Kier alpha value is -2.43. The maximum Gasteiger partial charge on any atom is 0.333 e. The van der Waals surface area contributed by atoms with E-state index >= 15 is 0 Å². The van der Waals surface area contributed by atoms with Crippen LogP contribution in [0.5, 0.6) is 0 Å². The van der Waals surface area contributed by atoms with Gasteiger partial charge in [-0.1, -0.05) is 152 Å². The lowest BCUT2D eigenvalue weighted by Gasteiger charge is -2.18. The van der Waals surface area contributed by atoms with E-state index in [9.17, 15) is 14.4 Å². The maximum absolute atomic E-state index is 12.7. The highest BCUT2D eigenvalue weighted by Crippen LogP contribution is 2.24. The summed E-state index contributed by atoms with van der Waals surface area (Å²) in [4.78, 5) is 41.7. The first kappa shape index (κ1) is 43.6. The molecule has 0 atom stereocenters. The van der Waals surface area contributed by atoms with Gasteiger partial charge in [0, 0.05) is 12.8 Å². The molecule has 2 amide bonds. The zero-order valence-corrected chi connectivity index (χ0v) is 31.3. The standard InChI is InChI=1S/C43H73NO4/c1-3-5-7-9-11-13-15-17-19-21-23-25-27-29-31-33-35-40(39-43(47)48-44-41(45)37-38-42(44)46)36-34-32-30-28-26-24-22-20-18-16-14-12-10-8-6-4-2/h11-14,17-20,40H,3-10,15-16,21-39H2,1-2H3/b13-11-,14-12-,19-17-,20-18-. The molecule has 1 saturated heterocycles. The van der Waals surface area contributed by atoms with Gasteiger partial charge in [0.05, 0.1) is 6.42 Å². The summed E-state index contributed by atoms with van der Waals surface area (Å²) in [5, 5.41) is 0.695. The number of carbonyl (C=O) groups is 3. The zero-order valence-electron chi connectivity index (χ0n) is 31.3. The average molecular weight is 668 g/mol. The number of imide groups is 1. The van der Waals surface area contributed by atoms with Crippen molar-refractivity contribution in [3.8, 4) is 0 Å². The molecule has 0 radical (unpaired) electrons. The van der Waals surface area contributed by atoms with Crippen LogP contribution in [0.15, 0.2) is 48.6 Å². The van der Waals surface area contributed by atoms with Crippen LogP contribution in [0.3, 0.4) is 0 Å². The minimum absolute atomic E-state index is 0.134. The highest BCUT2D eigenvalue weighted by molar-refractivity contribution is 6.01. The molecule has 1 heterocycles. The molecule has 5 nitrogen and oxygen atoms in total. The second-order valence-corrected chi connectivity index (χ2v) is 13.9. The van der Waals surface area contributed by atoms with Crippen LogP contribution in [0.1, 0.15) is 200 Å². The van der Waals surface area contributed by atoms with E-state index in [4.69, 9.17) is 4.84 Å². The van der Waals surface area contributed by atoms with E-state index in [1.807, 2.05) is 0 Å². The highest BCUT2D eigenvalue weighted by Gasteiger charge is 2.33. The number of amides is 2. The summed E-state index contributed by atoms with van der Waals surface area (Å²) in [7, 11) is 0. The summed E-state index contributed by atoms with van der Waals surface area (Å²) >= 11 is 0. The summed E-state index contributed by atoms with van der Waals surface area (Å²) in [6.07, 6.45) is 50.5. The first-order valence-corrected chi connectivity index (χ1v) is 20.2. The number of carbonyl (C=O) groups excluding carboxylic acids is 3.